The molecule has 1 saturated carbocycles. The average molecular weight is 442 g/mol. The number of fused-ring (bicyclic) bond motifs is 1. The highest BCUT2D eigenvalue weighted by Gasteiger charge is 2.51. The zero-order valence-corrected chi connectivity index (χ0v) is 17.6. The quantitative estimate of drug-likeness (QED) is 0.750. The van der Waals surface area contributed by atoms with E-state index in [1.807, 2.05) is 0 Å². The van der Waals surface area contributed by atoms with Crippen molar-refractivity contribution in [3.63, 3.8) is 0 Å². The number of nitrogens with zero attached hydrogens (tertiary/aromatic N) is 1. The predicted octanol–water partition coefficient (Wildman–Crippen LogP) is 3.07. The third-order valence-electron chi connectivity index (χ3n) is 6.88. The molecule has 1 amide bonds. The highest BCUT2D eigenvalue weighted by atomic mass is 19.4. The van der Waals surface area contributed by atoms with Crippen LogP contribution in [0.25, 0.3) is 0 Å². The Bertz CT molecular complexity index is 810. The molecule has 0 bridgehead atoms. The second-order valence-electron chi connectivity index (χ2n) is 8.92. The van der Waals surface area contributed by atoms with Crippen molar-refractivity contribution in [1.82, 2.24) is 10.2 Å². The number of rotatable bonds is 4. The van der Waals surface area contributed by atoms with E-state index < -0.39 is 23.3 Å². The Morgan fingerprint density at radius 2 is 2.00 bits per heavy atom. The van der Waals surface area contributed by atoms with Crippen LogP contribution in [0.15, 0.2) is 18.2 Å². The van der Waals surface area contributed by atoms with E-state index in [1.54, 1.807) is 6.92 Å². The smallest absolute Gasteiger partial charge is 0.416 e. The summed E-state index contributed by atoms with van der Waals surface area (Å²) in [6.07, 6.45) is -1.71. The van der Waals surface area contributed by atoms with Crippen LogP contribution in [-0.4, -0.2) is 54.0 Å². The van der Waals surface area contributed by atoms with E-state index in [0.717, 1.165) is 44.6 Å². The third-order valence-corrected chi connectivity index (χ3v) is 6.88. The lowest BCUT2D eigenvalue weighted by Gasteiger charge is -2.39. The number of amides is 1. The molecule has 4 rings (SSSR count). The Kier molecular flexibility index (Phi) is 6.20. The number of halogens is 3. The van der Waals surface area contributed by atoms with Gasteiger partial charge < -0.3 is 24.8 Å². The first-order valence-electron chi connectivity index (χ1n) is 10.8. The van der Waals surface area contributed by atoms with Gasteiger partial charge in [0.05, 0.1) is 23.6 Å². The highest BCUT2D eigenvalue weighted by molar-refractivity contribution is 5.84. The normalized spacial score (nSPS) is 28.2. The molecular formula is C22H29F3N2O4. The van der Waals surface area contributed by atoms with Crippen LogP contribution in [0.4, 0.5) is 13.2 Å². The van der Waals surface area contributed by atoms with Crippen molar-refractivity contribution in [3.05, 3.63) is 29.3 Å². The van der Waals surface area contributed by atoms with Gasteiger partial charge in [-0.2, -0.15) is 13.2 Å². The molecule has 172 valence electrons. The molecule has 2 heterocycles. The fourth-order valence-corrected chi connectivity index (χ4v) is 5.03. The van der Waals surface area contributed by atoms with Crippen molar-refractivity contribution < 1.29 is 32.5 Å². The molecule has 1 aromatic carbocycles. The number of nitrogens with one attached hydrogen (secondary N) is 1. The number of carbonyl (C=O) groups excluding carboxylic acids is 1. The molecule has 6 nitrogen and oxygen atoms in total. The lowest BCUT2D eigenvalue weighted by Crippen LogP contribution is -2.51. The van der Waals surface area contributed by atoms with E-state index in [9.17, 15) is 23.1 Å². The van der Waals surface area contributed by atoms with Gasteiger partial charge >= 0.3 is 6.18 Å². The van der Waals surface area contributed by atoms with Crippen molar-refractivity contribution >= 4 is 5.91 Å². The molecule has 0 unspecified atom stereocenters. The van der Waals surface area contributed by atoms with Crippen molar-refractivity contribution in [2.24, 2.45) is 5.41 Å². The molecule has 1 aromatic rings. The first kappa shape index (κ1) is 22.4. The number of aliphatic hydroxyl groups is 1. The Hall–Kier alpha value is -1.84. The summed E-state index contributed by atoms with van der Waals surface area (Å²) in [4.78, 5) is 14.9. The lowest BCUT2D eigenvalue weighted by molar-refractivity contribution is -0.153. The second kappa shape index (κ2) is 8.60. The summed E-state index contributed by atoms with van der Waals surface area (Å²) in [5.41, 5.74) is -1.41. The third kappa shape index (κ3) is 4.54. The van der Waals surface area contributed by atoms with E-state index in [1.165, 1.54) is 11.0 Å². The maximum Gasteiger partial charge on any atom is 0.416 e. The first-order valence-corrected chi connectivity index (χ1v) is 10.8. The Morgan fingerprint density at radius 1 is 1.26 bits per heavy atom. The molecule has 0 aromatic heterocycles. The van der Waals surface area contributed by atoms with Crippen molar-refractivity contribution in [2.45, 2.75) is 69.9 Å². The van der Waals surface area contributed by atoms with Gasteiger partial charge in [-0.1, -0.05) is 0 Å². The largest absolute Gasteiger partial charge is 0.473 e. The standard InChI is InChI=1S/C22H29F3N2O4/c1-14(28)21(7-4-18(11-21)26-17-5-8-30-9-6-17)20(29)27-12-15-10-16(22(23,24)25)2-3-19(15)31-13-27/h2-3,10,14,17-18,26,28H,4-9,11-13H2,1H3/t14-,18-,21+/m0/s1. The van der Waals surface area contributed by atoms with Gasteiger partial charge in [-0.3, -0.25) is 4.79 Å². The van der Waals surface area contributed by atoms with Gasteiger partial charge in [-0.25, -0.2) is 0 Å². The number of aliphatic hydroxyl groups excluding tert-OH is 1. The van der Waals surface area contributed by atoms with Gasteiger partial charge in [0.25, 0.3) is 0 Å². The van der Waals surface area contributed by atoms with Crippen molar-refractivity contribution in [2.75, 3.05) is 19.9 Å². The summed E-state index contributed by atoms with van der Waals surface area (Å²) < 4.78 is 50.3. The molecule has 0 spiro atoms. The molecule has 0 radical (unpaired) electrons. The molecule has 31 heavy (non-hydrogen) atoms. The maximum absolute atomic E-state index is 13.5. The molecular weight excluding hydrogens is 413 g/mol. The SMILES string of the molecule is C[C@H](O)[C@@]1(C(=O)N2COc3ccc(C(F)(F)F)cc3C2)CC[C@H](NC2CCOCC2)C1. The van der Waals surface area contributed by atoms with Crippen LogP contribution in [0, 0.1) is 5.41 Å². The minimum absolute atomic E-state index is 0.0324. The minimum Gasteiger partial charge on any atom is -0.473 e. The van der Waals surface area contributed by atoms with Crippen LogP contribution in [0.1, 0.15) is 50.2 Å². The van der Waals surface area contributed by atoms with E-state index in [0.29, 0.717) is 30.2 Å². The summed E-state index contributed by atoms with van der Waals surface area (Å²) in [5, 5.41) is 14.2. The second-order valence-corrected chi connectivity index (χ2v) is 8.92. The Balaban J connectivity index is 1.48. The summed E-state index contributed by atoms with van der Waals surface area (Å²) in [6, 6.07) is 3.76. The maximum atomic E-state index is 13.5. The predicted molar refractivity (Wildman–Crippen MR) is 106 cm³/mol. The van der Waals surface area contributed by atoms with Gasteiger partial charge in [-0.05, 0) is 57.2 Å². The molecule has 9 heteroatoms. The number of benzene rings is 1. The van der Waals surface area contributed by atoms with E-state index in [-0.39, 0.29) is 25.2 Å². The average Bonchev–Trinajstić information content (AvgIpc) is 3.17. The number of ether oxygens (including phenoxy) is 2. The topological polar surface area (TPSA) is 71.0 Å². The molecule has 3 atom stereocenters. The summed E-state index contributed by atoms with van der Waals surface area (Å²) in [6.45, 7) is 3.05. The van der Waals surface area contributed by atoms with Gasteiger partial charge in [0.15, 0.2) is 6.73 Å². The number of alkyl halides is 3. The zero-order valence-electron chi connectivity index (χ0n) is 17.6. The molecule has 1 saturated heterocycles. The fraction of sp³-hybridized carbons (Fsp3) is 0.682. The Labute approximate surface area is 179 Å². The molecule has 2 fully saturated rings. The van der Waals surface area contributed by atoms with Gasteiger partial charge in [-0.15, -0.1) is 0 Å². The van der Waals surface area contributed by atoms with Crippen molar-refractivity contribution in [1.29, 1.82) is 0 Å². The minimum atomic E-state index is -4.46. The van der Waals surface area contributed by atoms with Crippen LogP contribution >= 0.6 is 0 Å². The van der Waals surface area contributed by atoms with Gasteiger partial charge in [0, 0.05) is 30.9 Å². The fourth-order valence-electron chi connectivity index (χ4n) is 5.03. The van der Waals surface area contributed by atoms with Crippen LogP contribution in [0.2, 0.25) is 0 Å². The first-order chi connectivity index (χ1) is 14.7. The Morgan fingerprint density at radius 3 is 2.68 bits per heavy atom. The molecule has 2 aliphatic heterocycles. The zero-order chi connectivity index (χ0) is 22.2. The van der Waals surface area contributed by atoms with Crippen LogP contribution in [0.5, 0.6) is 5.75 Å². The van der Waals surface area contributed by atoms with E-state index in [4.69, 9.17) is 9.47 Å². The van der Waals surface area contributed by atoms with E-state index >= 15 is 0 Å². The summed E-state index contributed by atoms with van der Waals surface area (Å²) in [7, 11) is 0. The highest BCUT2D eigenvalue weighted by Crippen LogP contribution is 2.44. The van der Waals surface area contributed by atoms with Crippen LogP contribution in [-0.2, 0) is 22.3 Å². The van der Waals surface area contributed by atoms with Gasteiger partial charge in [0.1, 0.15) is 5.75 Å². The van der Waals surface area contributed by atoms with Crippen molar-refractivity contribution in [3.8, 4) is 5.75 Å². The number of hydrogen-bond acceptors (Lipinski definition) is 5. The number of hydrogen-bond donors (Lipinski definition) is 2. The van der Waals surface area contributed by atoms with E-state index in [2.05, 4.69) is 5.32 Å². The van der Waals surface area contributed by atoms with Crippen LogP contribution in [0.3, 0.4) is 0 Å². The molecule has 3 aliphatic rings. The monoisotopic (exact) mass is 442 g/mol. The molecule has 2 N–H and O–H groups in total. The molecule has 1 aliphatic carbocycles. The lowest BCUT2D eigenvalue weighted by atomic mass is 9.79. The van der Waals surface area contributed by atoms with Gasteiger partial charge in [0.2, 0.25) is 5.91 Å². The number of carbonyl (C=O) groups is 1. The van der Waals surface area contributed by atoms with Crippen LogP contribution < -0.4 is 10.1 Å². The summed E-state index contributed by atoms with van der Waals surface area (Å²) in [5.74, 6) is 0.0930. The summed E-state index contributed by atoms with van der Waals surface area (Å²) >= 11 is 0.